The molecule has 7 nitrogen and oxygen atoms in total. The number of rotatable bonds is 8. The molecule has 1 amide bonds. The van der Waals surface area contributed by atoms with Crippen LogP contribution in [0.15, 0.2) is 18.2 Å². The first kappa shape index (κ1) is 15.9. The molecule has 0 atom stereocenters. The van der Waals surface area contributed by atoms with E-state index in [0.717, 1.165) is 0 Å². The summed E-state index contributed by atoms with van der Waals surface area (Å²) in [4.78, 5) is 22.2. The number of carbonyl (C=O) groups excluding carboxylic acids is 1. The van der Waals surface area contributed by atoms with E-state index in [-0.39, 0.29) is 22.9 Å². The van der Waals surface area contributed by atoms with Crippen LogP contribution in [0.3, 0.4) is 0 Å². The number of amides is 1. The topological polar surface area (TPSA) is 90.7 Å². The van der Waals surface area contributed by atoms with Crippen LogP contribution in [0.2, 0.25) is 0 Å². The lowest BCUT2D eigenvalue weighted by Gasteiger charge is -2.07. The summed E-state index contributed by atoms with van der Waals surface area (Å²) in [6, 6.07) is 4.16. The zero-order chi connectivity index (χ0) is 15.0. The summed E-state index contributed by atoms with van der Waals surface area (Å²) in [5.41, 5.74) is 0.0222. The van der Waals surface area contributed by atoms with E-state index in [9.17, 15) is 14.9 Å². The van der Waals surface area contributed by atoms with Crippen LogP contribution >= 0.6 is 0 Å². The molecule has 20 heavy (non-hydrogen) atoms. The number of benzene rings is 1. The molecule has 1 rings (SSSR count). The van der Waals surface area contributed by atoms with Gasteiger partial charge in [0.15, 0.2) is 5.75 Å². The van der Waals surface area contributed by atoms with Gasteiger partial charge in [-0.2, -0.15) is 0 Å². The number of nitrogens with one attached hydrogen (secondary N) is 1. The normalized spacial score (nSPS) is 10.1. The number of nitrogens with zero attached hydrogens (tertiary/aromatic N) is 1. The third-order valence-corrected chi connectivity index (χ3v) is 2.53. The Morgan fingerprint density at radius 1 is 1.45 bits per heavy atom. The van der Waals surface area contributed by atoms with Gasteiger partial charge >= 0.3 is 5.69 Å². The molecule has 1 N–H and O–H groups in total. The fourth-order valence-electron chi connectivity index (χ4n) is 1.60. The van der Waals surface area contributed by atoms with E-state index in [1.54, 1.807) is 14.0 Å². The molecular formula is C13H18N2O5. The molecule has 0 spiro atoms. The van der Waals surface area contributed by atoms with Crippen LogP contribution in [0.5, 0.6) is 5.75 Å². The molecule has 0 bridgehead atoms. The first-order chi connectivity index (χ1) is 9.60. The van der Waals surface area contributed by atoms with Gasteiger partial charge < -0.3 is 14.8 Å². The Bertz CT molecular complexity index is 476. The monoisotopic (exact) mass is 282 g/mol. The number of methoxy groups -OCH3 is 1. The molecule has 0 heterocycles. The van der Waals surface area contributed by atoms with Crippen molar-refractivity contribution in [3.63, 3.8) is 0 Å². The SMILES string of the molecule is CCOc1ccc(C(=O)NCCCOC)cc1[N+](=O)[O-]. The largest absolute Gasteiger partial charge is 0.487 e. The summed E-state index contributed by atoms with van der Waals surface area (Å²) >= 11 is 0. The molecule has 0 fully saturated rings. The van der Waals surface area contributed by atoms with Gasteiger partial charge in [-0.15, -0.1) is 0 Å². The van der Waals surface area contributed by atoms with Gasteiger partial charge in [0, 0.05) is 31.9 Å². The fraction of sp³-hybridized carbons (Fsp3) is 0.462. The Morgan fingerprint density at radius 2 is 2.20 bits per heavy atom. The van der Waals surface area contributed by atoms with Crippen molar-refractivity contribution in [2.75, 3.05) is 26.9 Å². The maximum absolute atomic E-state index is 11.8. The van der Waals surface area contributed by atoms with Crippen LogP contribution in [0.25, 0.3) is 0 Å². The molecule has 0 aromatic heterocycles. The molecule has 1 aromatic carbocycles. The van der Waals surface area contributed by atoms with E-state index in [1.165, 1.54) is 18.2 Å². The zero-order valence-electron chi connectivity index (χ0n) is 11.5. The molecular weight excluding hydrogens is 264 g/mol. The Kier molecular flexibility index (Phi) is 6.45. The number of hydrogen-bond acceptors (Lipinski definition) is 5. The highest BCUT2D eigenvalue weighted by atomic mass is 16.6. The summed E-state index contributed by atoms with van der Waals surface area (Å²) in [6.45, 7) is 3.06. The van der Waals surface area contributed by atoms with Gasteiger partial charge in [-0.1, -0.05) is 0 Å². The van der Waals surface area contributed by atoms with E-state index in [1.807, 2.05) is 0 Å². The van der Waals surface area contributed by atoms with Gasteiger partial charge in [0.25, 0.3) is 5.91 Å². The molecule has 0 aliphatic rings. The highest BCUT2D eigenvalue weighted by Crippen LogP contribution is 2.27. The number of carbonyl (C=O) groups is 1. The van der Waals surface area contributed by atoms with Crippen molar-refractivity contribution in [2.45, 2.75) is 13.3 Å². The second-order valence-electron chi connectivity index (χ2n) is 3.97. The van der Waals surface area contributed by atoms with Gasteiger partial charge in [0.2, 0.25) is 0 Å². The molecule has 0 saturated carbocycles. The average molecular weight is 282 g/mol. The zero-order valence-corrected chi connectivity index (χ0v) is 11.5. The Hall–Kier alpha value is -2.15. The molecule has 0 unspecified atom stereocenters. The summed E-state index contributed by atoms with van der Waals surface area (Å²) in [5, 5.41) is 13.6. The molecule has 7 heteroatoms. The fourth-order valence-corrected chi connectivity index (χ4v) is 1.60. The average Bonchev–Trinajstić information content (AvgIpc) is 2.44. The van der Waals surface area contributed by atoms with Gasteiger partial charge in [-0.25, -0.2) is 0 Å². The quantitative estimate of drug-likeness (QED) is 0.445. The van der Waals surface area contributed by atoms with Crippen LogP contribution in [0.4, 0.5) is 5.69 Å². The predicted molar refractivity (Wildman–Crippen MR) is 73.1 cm³/mol. The highest BCUT2D eigenvalue weighted by Gasteiger charge is 2.18. The summed E-state index contributed by atoms with van der Waals surface area (Å²) in [7, 11) is 1.58. The highest BCUT2D eigenvalue weighted by molar-refractivity contribution is 5.95. The van der Waals surface area contributed by atoms with Gasteiger partial charge in [0.1, 0.15) is 0 Å². The van der Waals surface area contributed by atoms with Crippen LogP contribution in [0, 0.1) is 10.1 Å². The molecule has 0 aliphatic heterocycles. The number of nitro groups is 1. The minimum Gasteiger partial charge on any atom is -0.487 e. The summed E-state index contributed by atoms with van der Waals surface area (Å²) in [5.74, 6) is -0.194. The van der Waals surface area contributed by atoms with Crippen LogP contribution < -0.4 is 10.1 Å². The third kappa shape index (κ3) is 4.51. The Morgan fingerprint density at radius 3 is 2.80 bits per heavy atom. The van der Waals surface area contributed by atoms with Crippen molar-refractivity contribution < 1.29 is 19.2 Å². The smallest absolute Gasteiger partial charge is 0.311 e. The molecule has 110 valence electrons. The lowest BCUT2D eigenvalue weighted by atomic mass is 10.1. The lowest BCUT2D eigenvalue weighted by Crippen LogP contribution is -2.25. The third-order valence-electron chi connectivity index (χ3n) is 2.53. The predicted octanol–water partition coefficient (Wildman–Crippen LogP) is 1.76. The van der Waals surface area contributed by atoms with Crippen molar-refractivity contribution in [3.8, 4) is 5.75 Å². The first-order valence-corrected chi connectivity index (χ1v) is 6.28. The van der Waals surface area contributed by atoms with Gasteiger partial charge in [0.05, 0.1) is 11.5 Å². The molecule has 0 aliphatic carbocycles. The number of nitro benzene ring substituents is 1. The van der Waals surface area contributed by atoms with E-state index in [0.29, 0.717) is 26.2 Å². The maximum atomic E-state index is 11.8. The van der Waals surface area contributed by atoms with Gasteiger partial charge in [-0.05, 0) is 25.5 Å². The van der Waals surface area contributed by atoms with E-state index >= 15 is 0 Å². The van der Waals surface area contributed by atoms with E-state index in [4.69, 9.17) is 9.47 Å². The second kappa shape index (κ2) is 8.11. The maximum Gasteiger partial charge on any atom is 0.311 e. The standard InChI is InChI=1S/C13H18N2O5/c1-3-20-12-6-5-10(9-11(12)15(17)18)13(16)14-7-4-8-19-2/h5-6,9H,3-4,7-8H2,1-2H3,(H,14,16). The van der Waals surface area contributed by atoms with Crippen molar-refractivity contribution in [1.82, 2.24) is 5.32 Å². The minimum absolute atomic E-state index is 0.161. The lowest BCUT2D eigenvalue weighted by molar-refractivity contribution is -0.385. The number of hydrogen-bond donors (Lipinski definition) is 1. The summed E-state index contributed by atoms with van der Waals surface area (Å²) in [6.07, 6.45) is 0.682. The first-order valence-electron chi connectivity index (χ1n) is 6.28. The Labute approximate surface area is 117 Å². The van der Waals surface area contributed by atoms with Crippen LogP contribution in [0.1, 0.15) is 23.7 Å². The minimum atomic E-state index is -0.563. The van der Waals surface area contributed by atoms with Crippen molar-refractivity contribution in [3.05, 3.63) is 33.9 Å². The number of ether oxygens (including phenoxy) is 2. The second-order valence-corrected chi connectivity index (χ2v) is 3.97. The van der Waals surface area contributed by atoms with Crippen molar-refractivity contribution >= 4 is 11.6 Å². The molecule has 1 aromatic rings. The van der Waals surface area contributed by atoms with E-state index < -0.39 is 4.92 Å². The van der Waals surface area contributed by atoms with Crippen LogP contribution in [-0.2, 0) is 4.74 Å². The van der Waals surface area contributed by atoms with Crippen molar-refractivity contribution in [1.29, 1.82) is 0 Å². The molecule has 0 saturated heterocycles. The Balaban J connectivity index is 2.78. The summed E-state index contributed by atoms with van der Waals surface area (Å²) < 4.78 is 10.0. The van der Waals surface area contributed by atoms with Crippen LogP contribution in [-0.4, -0.2) is 37.7 Å². The molecule has 0 radical (unpaired) electrons. The van der Waals surface area contributed by atoms with Crippen molar-refractivity contribution in [2.24, 2.45) is 0 Å². The van der Waals surface area contributed by atoms with Gasteiger partial charge in [-0.3, -0.25) is 14.9 Å². The van der Waals surface area contributed by atoms with E-state index in [2.05, 4.69) is 5.32 Å².